The van der Waals surface area contributed by atoms with E-state index in [0.717, 1.165) is 13.0 Å². The van der Waals surface area contributed by atoms with E-state index in [-0.39, 0.29) is 0 Å². The minimum Gasteiger partial charge on any atom is -0.284 e. The van der Waals surface area contributed by atoms with E-state index in [4.69, 9.17) is 0 Å². The van der Waals surface area contributed by atoms with E-state index < -0.39 is 0 Å². The van der Waals surface area contributed by atoms with Crippen molar-refractivity contribution in [3.05, 3.63) is 29.8 Å². The number of benzene rings is 1. The maximum atomic E-state index is 4.47. The average Bonchev–Trinajstić information content (AvgIpc) is 2.65. The third-order valence-electron chi connectivity index (χ3n) is 2.56. The Balaban J connectivity index is 2.13. The van der Waals surface area contributed by atoms with Gasteiger partial charge >= 0.3 is 0 Å². The zero-order chi connectivity index (χ0) is 8.67. The Morgan fingerprint density at radius 2 is 2.31 bits per heavy atom. The molecule has 3 rings (SSSR count). The quantitative estimate of drug-likeness (QED) is 0.637. The molecule has 0 aliphatic carbocycles. The van der Waals surface area contributed by atoms with Gasteiger partial charge in [-0.25, -0.2) is 5.43 Å². The molecule has 1 aromatic carbocycles. The van der Waals surface area contributed by atoms with E-state index in [1.54, 1.807) is 0 Å². The number of anilines is 1. The summed E-state index contributed by atoms with van der Waals surface area (Å²) in [5.41, 5.74) is 5.79. The van der Waals surface area contributed by atoms with Crippen molar-refractivity contribution in [2.24, 2.45) is 4.99 Å². The predicted molar refractivity (Wildman–Crippen MR) is 52.9 cm³/mol. The molecule has 1 N–H and O–H groups in total. The fourth-order valence-electron chi connectivity index (χ4n) is 1.92. The number of nitrogens with zero attached hydrogens (tertiary/aromatic N) is 2. The summed E-state index contributed by atoms with van der Waals surface area (Å²) in [6.07, 6.45) is 3.39. The van der Waals surface area contributed by atoms with Crippen LogP contribution in [0.4, 0.5) is 5.69 Å². The molecule has 66 valence electrons. The minimum atomic E-state index is 0.315. The third kappa shape index (κ3) is 0.971. The maximum Gasteiger partial charge on any atom is 0.136 e. The Kier molecular flexibility index (Phi) is 1.40. The Morgan fingerprint density at radius 1 is 1.38 bits per heavy atom. The smallest absolute Gasteiger partial charge is 0.136 e. The molecule has 2 heterocycles. The lowest BCUT2D eigenvalue weighted by Crippen LogP contribution is -2.38. The fourth-order valence-corrected chi connectivity index (χ4v) is 1.92. The van der Waals surface area contributed by atoms with Gasteiger partial charge in [0.2, 0.25) is 0 Å². The van der Waals surface area contributed by atoms with E-state index in [9.17, 15) is 0 Å². The lowest BCUT2D eigenvalue weighted by atomic mass is 10.1. The predicted octanol–water partition coefficient (Wildman–Crippen LogP) is 1.16. The molecule has 1 saturated heterocycles. The SMILES string of the molecule is C1=NC2CCNN2c2ccccc21. The van der Waals surface area contributed by atoms with Gasteiger partial charge in [-0.3, -0.25) is 10.0 Å². The number of hydrogen-bond acceptors (Lipinski definition) is 3. The molecule has 3 nitrogen and oxygen atoms in total. The molecule has 0 radical (unpaired) electrons. The highest BCUT2D eigenvalue weighted by molar-refractivity contribution is 5.90. The van der Waals surface area contributed by atoms with Crippen molar-refractivity contribution < 1.29 is 0 Å². The summed E-state index contributed by atoms with van der Waals surface area (Å²) in [7, 11) is 0. The molecule has 0 saturated carbocycles. The number of aliphatic imine (C=N–C) groups is 1. The zero-order valence-corrected chi connectivity index (χ0v) is 7.27. The van der Waals surface area contributed by atoms with Crippen LogP contribution in [0.2, 0.25) is 0 Å². The Morgan fingerprint density at radius 3 is 3.31 bits per heavy atom. The molecule has 13 heavy (non-hydrogen) atoms. The van der Waals surface area contributed by atoms with Crippen LogP contribution < -0.4 is 10.4 Å². The molecule has 3 heteroatoms. The van der Waals surface area contributed by atoms with Crippen molar-refractivity contribution in [1.29, 1.82) is 0 Å². The largest absolute Gasteiger partial charge is 0.284 e. The van der Waals surface area contributed by atoms with Crippen LogP contribution in [0.15, 0.2) is 29.3 Å². The van der Waals surface area contributed by atoms with Crippen LogP contribution >= 0.6 is 0 Å². The second kappa shape index (κ2) is 2.57. The van der Waals surface area contributed by atoms with Crippen LogP contribution in [-0.4, -0.2) is 18.9 Å². The molecule has 1 atom stereocenters. The second-order valence-electron chi connectivity index (χ2n) is 3.38. The molecule has 0 spiro atoms. The first-order valence-corrected chi connectivity index (χ1v) is 4.60. The van der Waals surface area contributed by atoms with Gasteiger partial charge in [0.25, 0.3) is 0 Å². The summed E-state index contributed by atoms with van der Waals surface area (Å²) in [5.74, 6) is 0. The van der Waals surface area contributed by atoms with Gasteiger partial charge < -0.3 is 0 Å². The topological polar surface area (TPSA) is 27.6 Å². The molecule has 1 unspecified atom stereocenters. The first-order valence-electron chi connectivity index (χ1n) is 4.60. The van der Waals surface area contributed by atoms with Crippen LogP contribution in [-0.2, 0) is 0 Å². The van der Waals surface area contributed by atoms with E-state index in [2.05, 4.69) is 33.6 Å². The number of hydrogen-bond donors (Lipinski definition) is 1. The lowest BCUT2D eigenvalue weighted by molar-refractivity contribution is 0.668. The van der Waals surface area contributed by atoms with Crippen molar-refractivity contribution >= 4 is 11.9 Å². The van der Waals surface area contributed by atoms with Gasteiger partial charge in [-0.1, -0.05) is 18.2 Å². The van der Waals surface area contributed by atoms with Gasteiger partial charge in [0.1, 0.15) is 6.17 Å². The molecular weight excluding hydrogens is 162 g/mol. The molecule has 0 bridgehead atoms. The number of hydrazine groups is 1. The van der Waals surface area contributed by atoms with Crippen LogP contribution in [0.25, 0.3) is 0 Å². The molecule has 0 amide bonds. The van der Waals surface area contributed by atoms with Crippen LogP contribution in [0.5, 0.6) is 0 Å². The van der Waals surface area contributed by atoms with Gasteiger partial charge in [0.05, 0.1) is 5.69 Å². The number of rotatable bonds is 0. The first kappa shape index (κ1) is 7.09. The van der Waals surface area contributed by atoms with E-state index in [1.807, 2.05) is 12.3 Å². The van der Waals surface area contributed by atoms with Crippen LogP contribution in [0.3, 0.4) is 0 Å². The van der Waals surface area contributed by atoms with E-state index in [1.165, 1.54) is 11.3 Å². The van der Waals surface area contributed by atoms with Gasteiger partial charge in [-0.05, 0) is 6.07 Å². The Bertz CT molecular complexity index is 359. The standard InChI is InChI=1S/C10H11N3/c1-2-4-9-8(3-1)7-11-10-5-6-12-13(9)10/h1-4,7,10,12H,5-6H2. The highest BCUT2D eigenvalue weighted by Crippen LogP contribution is 2.27. The Hall–Kier alpha value is -1.35. The summed E-state index contributed by atoms with van der Waals surface area (Å²) in [5, 5.41) is 2.16. The summed E-state index contributed by atoms with van der Waals surface area (Å²) in [6.45, 7) is 1.02. The van der Waals surface area contributed by atoms with Crippen molar-refractivity contribution in [3.63, 3.8) is 0 Å². The zero-order valence-electron chi connectivity index (χ0n) is 7.27. The van der Waals surface area contributed by atoms with Gasteiger partial charge in [-0.15, -0.1) is 0 Å². The van der Waals surface area contributed by atoms with Crippen molar-refractivity contribution in [2.75, 3.05) is 11.6 Å². The van der Waals surface area contributed by atoms with E-state index >= 15 is 0 Å². The summed E-state index contributed by atoms with van der Waals surface area (Å²) in [4.78, 5) is 4.47. The first-order chi connectivity index (χ1) is 6.45. The number of para-hydroxylation sites is 1. The maximum absolute atomic E-state index is 4.47. The molecule has 2 aliphatic heterocycles. The molecule has 2 aliphatic rings. The molecule has 1 aromatic rings. The van der Waals surface area contributed by atoms with Crippen molar-refractivity contribution in [3.8, 4) is 0 Å². The lowest BCUT2D eigenvalue weighted by Gasteiger charge is -2.28. The second-order valence-corrected chi connectivity index (χ2v) is 3.38. The highest BCUT2D eigenvalue weighted by atomic mass is 15.6. The summed E-state index contributed by atoms with van der Waals surface area (Å²) < 4.78 is 0. The third-order valence-corrected chi connectivity index (χ3v) is 2.56. The average molecular weight is 173 g/mol. The van der Waals surface area contributed by atoms with Gasteiger partial charge in [-0.2, -0.15) is 0 Å². The molecular formula is C10H11N3. The summed E-state index contributed by atoms with van der Waals surface area (Å²) in [6, 6.07) is 8.33. The Labute approximate surface area is 77.1 Å². The monoisotopic (exact) mass is 173 g/mol. The summed E-state index contributed by atoms with van der Waals surface area (Å²) >= 11 is 0. The van der Waals surface area contributed by atoms with Gasteiger partial charge in [0, 0.05) is 24.7 Å². The minimum absolute atomic E-state index is 0.315. The normalized spacial score (nSPS) is 24.3. The van der Waals surface area contributed by atoms with Crippen LogP contribution in [0.1, 0.15) is 12.0 Å². The number of fused-ring (bicyclic) bond motifs is 3. The highest BCUT2D eigenvalue weighted by Gasteiger charge is 2.27. The molecule has 1 fully saturated rings. The molecule has 0 aromatic heterocycles. The fraction of sp³-hybridized carbons (Fsp3) is 0.300. The van der Waals surface area contributed by atoms with Crippen LogP contribution in [0, 0.1) is 0 Å². The van der Waals surface area contributed by atoms with Crippen molar-refractivity contribution in [2.45, 2.75) is 12.6 Å². The van der Waals surface area contributed by atoms with E-state index in [0.29, 0.717) is 6.17 Å². The van der Waals surface area contributed by atoms with Crippen molar-refractivity contribution in [1.82, 2.24) is 5.43 Å². The number of nitrogens with one attached hydrogen (secondary N) is 1. The van der Waals surface area contributed by atoms with Gasteiger partial charge in [0.15, 0.2) is 0 Å².